The second-order valence-electron chi connectivity index (χ2n) is 3.91. The molecule has 18 heavy (non-hydrogen) atoms. The lowest BCUT2D eigenvalue weighted by atomic mass is 10.1. The average molecular weight is 256 g/mol. The lowest BCUT2D eigenvalue weighted by Gasteiger charge is -2.10. The summed E-state index contributed by atoms with van der Waals surface area (Å²) in [7, 11) is 1.77. The molecular weight excluding hydrogens is 236 g/mol. The van der Waals surface area contributed by atoms with Gasteiger partial charge in [-0.1, -0.05) is 0 Å². The Bertz CT molecular complexity index is 367. The quantitative estimate of drug-likeness (QED) is 0.514. The fraction of sp³-hybridized carbons (Fsp3) is 0.636. The summed E-state index contributed by atoms with van der Waals surface area (Å²) in [5.74, 6) is -0.231. The molecule has 1 heterocycles. The van der Waals surface area contributed by atoms with Crippen LogP contribution in [0.1, 0.15) is 18.0 Å². The Morgan fingerprint density at radius 1 is 1.67 bits per heavy atom. The molecule has 7 heteroatoms. The summed E-state index contributed by atoms with van der Waals surface area (Å²) in [6, 6.07) is -0.697. The molecule has 0 aliphatic rings. The Kier molecular flexibility index (Phi) is 6.34. The molecule has 0 saturated heterocycles. The Balaban J connectivity index is 2.20. The van der Waals surface area contributed by atoms with Crippen molar-refractivity contribution in [3.8, 4) is 0 Å². The topological polar surface area (TPSA) is 102 Å². The van der Waals surface area contributed by atoms with Crippen molar-refractivity contribution in [2.24, 2.45) is 12.8 Å². The van der Waals surface area contributed by atoms with Crippen molar-refractivity contribution >= 4 is 5.91 Å². The van der Waals surface area contributed by atoms with Gasteiger partial charge >= 0.3 is 0 Å². The number of nitrogens with one attached hydrogen (secondary N) is 1. The minimum Gasteiger partial charge on any atom is -0.394 e. The predicted octanol–water partition coefficient (Wildman–Crippen LogP) is -1.06. The Hall–Kier alpha value is -1.44. The van der Waals surface area contributed by atoms with Crippen LogP contribution in [0, 0.1) is 0 Å². The van der Waals surface area contributed by atoms with Gasteiger partial charge in [0.15, 0.2) is 0 Å². The first kappa shape index (κ1) is 14.6. The van der Waals surface area contributed by atoms with E-state index in [1.54, 1.807) is 24.1 Å². The molecular formula is C11H20N4O3. The molecule has 1 aromatic rings. The third-order valence-electron chi connectivity index (χ3n) is 2.37. The zero-order valence-electron chi connectivity index (χ0n) is 10.5. The first-order valence-electron chi connectivity index (χ1n) is 5.85. The van der Waals surface area contributed by atoms with E-state index in [0.29, 0.717) is 31.7 Å². The molecule has 0 bridgehead atoms. The molecule has 1 atom stereocenters. The van der Waals surface area contributed by atoms with Gasteiger partial charge in [-0.05, 0) is 6.42 Å². The van der Waals surface area contributed by atoms with Gasteiger partial charge in [-0.2, -0.15) is 5.10 Å². The van der Waals surface area contributed by atoms with E-state index in [9.17, 15) is 4.79 Å². The van der Waals surface area contributed by atoms with Crippen LogP contribution in [0.25, 0.3) is 0 Å². The minimum atomic E-state index is -0.697. The van der Waals surface area contributed by atoms with Crippen LogP contribution in [0.15, 0.2) is 12.4 Å². The number of carbonyl (C=O) groups is 1. The van der Waals surface area contributed by atoms with Crippen LogP contribution in [-0.4, -0.2) is 47.2 Å². The number of aliphatic hydroxyl groups excluding tert-OH is 1. The highest BCUT2D eigenvalue weighted by atomic mass is 16.5. The molecule has 0 aromatic carbocycles. The second kappa shape index (κ2) is 7.80. The number of ether oxygens (including phenoxy) is 1. The number of rotatable bonds is 8. The fourth-order valence-electron chi connectivity index (χ4n) is 1.41. The van der Waals surface area contributed by atoms with E-state index in [2.05, 4.69) is 10.4 Å². The zero-order valence-corrected chi connectivity index (χ0v) is 10.5. The van der Waals surface area contributed by atoms with Gasteiger partial charge in [-0.15, -0.1) is 0 Å². The highest BCUT2D eigenvalue weighted by molar-refractivity contribution is 5.82. The van der Waals surface area contributed by atoms with Gasteiger partial charge in [0, 0.05) is 32.0 Å². The summed E-state index contributed by atoms with van der Waals surface area (Å²) >= 11 is 0. The van der Waals surface area contributed by atoms with Gasteiger partial charge in [0.05, 0.1) is 19.4 Å². The summed E-state index contributed by atoms with van der Waals surface area (Å²) in [6.07, 6.45) is 3.98. The number of nitrogens with zero attached hydrogens (tertiary/aromatic N) is 2. The van der Waals surface area contributed by atoms with Crippen LogP contribution in [-0.2, 0) is 16.6 Å². The number of aryl methyl sites for hydroxylation is 1. The van der Waals surface area contributed by atoms with E-state index in [0.717, 1.165) is 0 Å². The Morgan fingerprint density at radius 3 is 3.06 bits per heavy atom. The molecule has 4 N–H and O–H groups in total. The zero-order chi connectivity index (χ0) is 13.4. The van der Waals surface area contributed by atoms with Crippen molar-refractivity contribution in [1.82, 2.24) is 15.1 Å². The van der Waals surface area contributed by atoms with Crippen LogP contribution < -0.4 is 11.1 Å². The predicted molar refractivity (Wildman–Crippen MR) is 65.7 cm³/mol. The van der Waals surface area contributed by atoms with Crippen LogP contribution in [0.4, 0.5) is 0 Å². The van der Waals surface area contributed by atoms with Crippen molar-refractivity contribution < 1.29 is 14.6 Å². The number of aromatic nitrogens is 2. The standard InChI is InChI=1S/C11H20N4O3/c1-15-8-9(7-14-15)10(12)11(17)13-3-2-5-18-6-4-16/h7-8,10,16H,2-6,12H2,1H3,(H,13,17). The first-order valence-corrected chi connectivity index (χ1v) is 5.85. The van der Waals surface area contributed by atoms with E-state index in [1.165, 1.54) is 0 Å². The SMILES string of the molecule is Cn1cc(C(N)C(=O)NCCCOCCO)cn1. The number of nitrogens with two attached hydrogens (primary N) is 1. The molecule has 102 valence electrons. The van der Waals surface area contributed by atoms with Crippen molar-refractivity contribution in [3.05, 3.63) is 18.0 Å². The molecule has 1 aromatic heterocycles. The maximum Gasteiger partial charge on any atom is 0.241 e. The molecule has 0 saturated carbocycles. The maximum atomic E-state index is 11.7. The summed E-state index contributed by atoms with van der Waals surface area (Å²) < 4.78 is 6.67. The second-order valence-corrected chi connectivity index (χ2v) is 3.91. The molecule has 1 amide bonds. The lowest BCUT2D eigenvalue weighted by Crippen LogP contribution is -2.34. The van der Waals surface area contributed by atoms with Crippen LogP contribution in [0.3, 0.4) is 0 Å². The molecule has 1 unspecified atom stereocenters. The largest absolute Gasteiger partial charge is 0.394 e. The van der Waals surface area contributed by atoms with Crippen LogP contribution in [0.5, 0.6) is 0 Å². The highest BCUT2D eigenvalue weighted by Gasteiger charge is 2.16. The van der Waals surface area contributed by atoms with Gasteiger partial charge in [0.2, 0.25) is 5.91 Å². The number of hydrogen-bond donors (Lipinski definition) is 3. The van der Waals surface area contributed by atoms with E-state index in [4.69, 9.17) is 15.6 Å². The monoisotopic (exact) mass is 256 g/mol. The number of amides is 1. The lowest BCUT2D eigenvalue weighted by molar-refractivity contribution is -0.122. The molecule has 7 nitrogen and oxygen atoms in total. The maximum absolute atomic E-state index is 11.7. The van der Waals surface area contributed by atoms with Crippen molar-refractivity contribution in [3.63, 3.8) is 0 Å². The normalized spacial score (nSPS) is 12.4. The smallest absolute Gasteiger partial charge is 0.241 e. The van der Waals surface area contributed by atoms with E-state index >= 15 is 0 Å². The number of carbonyl (C=O) groups excluding carboxylic acids is 1. The summed E-state index contributed by atoms with van der Waals surface area (Å²) in [5, 5.41) is 15.2. The van der Waals surface area contributed by atoms with Crippen LogP contribution >= 0.6 is 0 Å². The van der Waals surface area contributed by atoms with Gasteiger partial charge in [-0.25, -0.2) is 0 Å². The third kappa shape index (κ3) is 4.82. The third-order valence-corrected chi connectivity index (χ3v) is 2.37. The molecule has 0 fully saturated rings. The van der Waals surface area contributed by atoms with E-state index in [-0.39, 0.29) is 12.5 Å². The molecule has 1 rings (SSSR count). The number of hydrogen-bond acceptors (Lipinski definition) is 5. The summed E-state index contributed by atoms with van der Waals surface area (Å²) in [6.45, 7) is 1.34. The fourth-order valence-corrected chi connectivity index (χ4v) is 1.41. The van der Waals surface area contributed by atoms with Crippen molar-refractivity contribution in [2.75, 3.05) is 26.4 Å². The summed E-state index contributed by atoms with van der Waals surface area (Å²) in [4.78, 5) is 11.7. The van der Waals surface area contributed by atoms with Crippen LogP contribution in [0.2, 0.25) is 0 Å². The van der Waals surface area contributed by atoms with Crippen molar-refractivity contribution in [1.29, 1.82) is 0 Å². The van der Waals surface area contributed by atoms with Crippen molar-refractivity contribution in [2.45, 2.75) is 12.5 Å². The molecule has 0 aliphatic carbocycles. The Morgan fingerprint density at radius 2 is 2.44 bits per heavy atom. The Labute approximate surface area is 106 Å². The number of aliphatic hydroxyl groups is 1. The van der Waals surface area contributed by atoms with Gasteiger partial charge in [-0.3, -0.25) is 9.48 Å². The minimum absolute atomic E-state index is 0.0121. The average Bonchev–Trinajstić information content (AvgIpc) is 2.79. The van der Waals surface area contributed by atoms with E-state index < -0.39 is 6.04 Å². The van der Waals surface area contributed by atoms with Gasteiger partial charge in [0.25, 0.3) is 0 Å². The summed E-state index contributed by atoms with van der Waals surface area (Å²) in [5.41, 5.74) is 6.47. The van der Waals surface area contributed by atoms with Gasteiger partial charge < -0.3 is 20.9 Å². The van der Waals surface area contributed by atoms with E-state index in [1.807, 2.05) is 0 Å². The molecule has 0 radical (unpaired) electrons. The van der Waals surface area contributed by atoms with Gasteiger partial charge in [0.1, 0.15) is 6.04 Å². The highest BCUT2D eigenvalue weighted by Crippen LogP contribution is 2.07. The molecule has 0 spiro atoms. The first-order chi connectivity index (χ1) is 8.65. The molecule has 0 aliphatic heterocycles.